The van der Waals surface area contributed by atoms with Crippen LogP contribution in [-0.4, -0.2) is 39.5 Å². The third-order valence-electron chi connectivity index (χ3n) is 1.52. The average Bonchev–Trinajstić information content (AvgIpc) is 1.99. The Kier molecular flexibility index (Phi) is 4.94. The molecule has 0 radical (unpaired) electrons. The maximum absolute atomic E-state index is 10.7. The van der Waals surface area contributed by atoms with E-state index in [0.717, 1.165) is 6.26 Å². The maximum Gasteiger partial charge on any atom is 0.307 e. The normalized spacial score (nSPS) is 13.8. The number of hydrogen-bond acceptors (Lipinski definition) is 5. The molecule has 0 spiro atoms. The molecule has 0 aliphatic heterocycles. The van der Waals surface area contributed by atoms with E-state index >= 15 is 0 Å². The number of methoxy groups -OCH3 is 1. The van der Waals surface area contributed by atoms with Crippen molar-refractivity contribution in [3.8, 4) is 0 Å². The van der Waals surface area contributed by atoms with Gasteiger partial charge < -0.3 is 10.5 Å². The summed E-state index contributed by atoms with van der Waals surface area (Å²) in [6, 6.07) is -0.442. The average molecular weight is 209 g/mol. The minimum Gasteiger partial charge on any atom is -0.469 e. The van der Waals surface area contributed by atoms with Gasteiger partial charge in [-0.05, 0) is 6.42 Å². The van der Waals surface area contributed by atoms with Crippen LogP contribution < -0.4 is 5.73 Å². The van der Waals surface area contributed by atoms with Crippen LogP contribution in [0.3, 0.4) is 0 Å². The lowest BCUT2D eigenvalue weighted by atomic mass is 10.2. The largest absolute Gasteiger partial charge is 0.469 e. The van der Waals surface area contributed by atoms with E-state index in [1.54, 1.807) is 0 Å². The van der Waals surface area contributed by atoms with Gasteiger partial charge in [-0.25, -0.2) is 8.42 Å². The summed E-state index contributed by atoms with van der Waals surface area (Å²) in [6.07, 6.45) is 1.48. The molecule has 78 valence electrons. The zero-order valence-corrected chi connectivity index (χ0v) is 8.63. The van der Waals surface area contributed by atoms with Crippen LogP contribution in [-0.2, 0) is 19.4 Å². The summed E-state index contributed by atoms with van der Waals surface area (Å²) < 4.78 is 25.8. The highest BCUT2D eigenvalue weighted by molar-refractivity contribution is 7.90. The van der Waals surface area contributed by atoms with Crippen LogP contribution in [0.2, 0.25) is 0 Å². The summed E-state index contributed by atoms with van der Waals surface area (Å²) in [5.41, 5.74) is 5.49. The first kappa shape index (κ1) is 12.4. The van der Waals surface area contributed by atoms with E-state index in [0.29, 0.717) is 0 Å². The van der Waals surface area contributed by atoms with Crippen LogP contribution in [0.1, 0.15) is 12.8 Å². The first-order valence-electron chi connectivity index (χ1n) is 3.85. The zero-order chi connectivity index (χ0) is 10.5. The summed E-state index contributed by atoms with van der Waals surface area (Å²) in [6.45, 7) is 0. The van der Waals surface area contributed by atoms with Crippen molar-refractivity contribution in [1.82, 2.24) is 0 Å². The Morgan fingerprint density at radius 3 is 2.46 bits per heavy atom. The lowest BCUT2D eigenvalue weighted by Gasteiger charge is -2.08. The van der Waals surface area contributed by atoms with Gasteiger partial charge in [0.1, 0.15) is 9.84 Å². The van der Waals surface area contributed by atoms with Crippen molar-refractivity contribution in [2.45, 2.75) is 18.9 Å². The van der Waals surface area contributed by atoms with Gasteiger partial charge in [-0.1, -0.05) is 0 Å². The number of carbonyl (C=O) groups excluding carboxylic acids is 1. The quantitative estimate of drug-likeness (QED) is 0.606. The molecule has 2 N–H and O–H groups in total. The fraction of sp³-hybridized carbons (Fsp3) is 0.857. The lowest BCUT2D eigenvalue weighted by molar-refractivity contribution is -0.141. The van der Waals surface area contributed by atoms with Crippen molar-refractivity contribution in [1.29, 1.82) is 0 Å². The van der Waals surface area contributed by atoms with Gasteiger partial charge in [-0.15, -0.1) is 0 Å². The number of nitrogens with two attached hydrogens (primary N) is 1. The monoisotopic (exact) mass is 209 g/mol. The van der Waals surface area contributed by atoms with E-state index < -0.39 is 21.8 Å². The number of esters is 1. The molecule has 13 heavy (non-hydrogen) atoms. The Labute approximate surface area is 78.2 Å². The molecule has 0 aromatic carbocycles. The van der Waals surface area contributed by atoms with Crippen molar-refractivity contribution in [3.63, 3.8) is 0 Å². The molecule has 5 nitrogen and oxygen atoms in total. The summed E-state index contributed by atoms with van der Waals surface area (Å²) in [5.74, 6) is -0.411. The van der Waals surface area contributed by atoms with Gasteiger partial charge in [0.2, 0.25) is 0 Å². The Hall–Kier alpha value is -0.620. The zero-order valence-electron chi connectivity index (χ0n) is 7.82. The molecule has 0 aromatic heterocycles. The molecule has 0 bridgehead atoms. The highest BCUT2D eigenvalue weighted by Gasteiger charge is 2.12. The number of rotatable bonds is 5. The predicted molar refractivity (Wildman–Crippen MR) is 48.9 cm³/mol. The van der Waals surface area contributed by atoms with Crippen molar-refractivity contribution in [2.24, 2.45) is 5.73 Å². The fourth-order valence-electron chi connectivity index (χ4n) is 0.765. The third kappa shape index (κ3) is 7.73. The molecule has 0 fully saturated rings. The number of sulfone groups is 1. The van der Waals surface area contributed by atoms with Crippen molar-refractivity contribution in [2.75, 3.05) is 19.1 Å². The number of ether oxygens (including phenoxy) is 1. The molecule has 0 aromatic rings. The first-order chi connectivity index (χ1) is 5.85. The molecule has 0 amide bonds. The van der Waals surface area contributed by atoms with Crippen molar-refractivity contribution < 1.29 is 17.9 Å². The van der Waals surface area contributed by atoms with Gasteiger partial charge in [0.05, 0.1) is 19.3 Å². The van der Waals surface area contributed by atoms with E-state index in [1.807, 2.05) is 0 Å². The maximum atomic E-state index is 10.7. The second-order valence-electron chi connectivity index (χ2n) is 2.96. The minimum absolute atomic E-state index is 0.00512. The lowest BCUT2D eigenvalue weighted by Crippen LogP contribution is -2.27. The molecule has 6 heteroatoms. The summed E-state index contributed by atoms with van der Waals surface area (Å²) in [4.78, 5) is 10.7. The molecule has 0 saturated heterocycles. The van der Waals surface area contributed by atoms with Gasteiger partial charge in [0.15, 0.2) is 0 Å². The van der Waals surface area contributed by atoms with Gasteiger partial charge in [0.25, 0.3) is 0 Å². The Morgan fingerprint density at radius 1 is 1.54 bits per heavy atom. The first-order valence-corrected chi connectivity index (χ1v) is 5.91. The van der Waals surface area contributed by atoms with E-state index in [1.165, 1.54) is 7.11 Å². The molecule has 0 aliphatic carbocycles. The molecular formula is C7H15NO4S. The smallest absolute Gasteiger partial charge is 0.307 e. The number of carbonyl (C=O) groups is 1. The van der Waals surface area contributed by atoms with E-state index in [9.17, 15) is 13.2 Å². The van der Waals surface area contributed by atoms with Crippen LogP contribution in [0.4, 0.5) is 0 Å². The Morgan fingerprint density at radius 2 is 2.08 bits per heavy atom. The molecule has 1 atom stereocenters. The number of hydrogen-bond donors (Lipinski definition) is 1. The topological polar surface area (TPSA) is 86.5 Å². The highest BCUT2D eigenvalue weighted by Crippen LogP contribution is 1.99. The molecule has 0 unspecified atom stereocenters. The third-order valence-corrected chi connectivity index (χ3v) is 2.49. The van der Waals surface area contributed by atoms with Crippen LogP contribution in [0.25, 0.3) is 0 Å². The minimum atomic E-state index is -2.99. The SMILES string of the molecule is COC(=O)C[C@@H](N)CCS(C)(=O)=O. The van der Waals surface area contributed by atoms with Crippen LogP contribution >= 0.6 is 0 Å². The second-order valence-corrected chi connectivity index (χ2v) is 5.22. The van der Waals surface area contributed by atoms with Gasteiger partial charge in [-0.2, -0.15) is 0 Å². The van der Waals surface area contributed by atoms with E-state index in [4.69, 9.17) is 5.73 Å². The summed E-state index contributed by atoms with van der Waals surface area (Å²) in [7, 11) is -1.72. The van der Waals surface area contributed by atoms with Gasteiger partial charge in [-0.3, -0.25) is 4.79 Å². The van der Waals surface area contributed by atoms with Gasteiger partial charge in [0, 0.05) is 12.3 Å². The van der Waals surface area contributed by atoms with Crippen LogP contribution in [0.5, 0.6) is 0 Å². The van der Waals surface area contributed by atoms with Crippen LogP contribution in [0, 0.1) is 0 Å². The van der Waals surface area contributed by atoms with Crippen LogP contribution in [0.15, 0.2) is 0 Å². The van der Waals surface area contributed by atoms with Gasteiger partial charge >= 0.3 is 5.97 Å². The Balaban J connectivity index is 3.76. The van der Waals surface area contributed by atoms with E-state index in [-0.39, 0.29) is 18.6 Å². The second kappa shape index (κ2) is 5.18. The standard InChI is InChI=1S/C7H15NO4S/c1-12-7(9)5-6(8)3-4-13(2,10)11/h6H,3-5,8H2,1-2H3/t6-/m0/s1. The predicted octanol–water partition coefficient (Wildman–Crippen LogP) is -0.688. The van der Waals surface area contributed by atoms with Crippen molar-refractivity contribution >= 4 is 15.8 Å². The van der Waals surface area contributed by atoms with Crippen molar-refractivity contribution in [3.05, 3.63) is 0 Å². The molecular weight excluding hydrogens is 194 g/mol. The van der Waals surface area contributed by atoms with E-state index in [2.05, 4.69) is 4.74 Å². The molecule has 0 heterocycles. The summed E-state index contributed by atoms with van der Waals surface area (Å²) in [5, 5.41) is 0. The molecule has 0 rings (SSSR count). The Bertz CT molecular complexity index is 260. The molecule has 0 aliphatic rings. The summed E-state index contributed by atoms with van der Waals surface area (Å²) >= 11 is 0. The fourth-order valence-corrected chi connectivity index (χ4v) is 1.50. The highest BCUT2D eigenvalue weighted by atomic mass is 32.2. The molecule has 0 saturated carbocycles.